The lowest BCUT2D eigenvalue weighted by molar-refractivity contribution is 0.0101. The molecule has 1 saturated heterocycles. The molecule has 0 aliphatic carbocycles. The number of fused-ring (bicyclic) bond motifs is 1. The minimum atomic E-state index is -1.20. The zero-order chi connectivity index (χ0) is 18.6. The van der Waals surface area contributed by atoms with Crippen LogP contribution in [0.5, 0.6) is 0 Å². The van der Waals surface area contributed by atoms with Crippen LogP contribution < -0.4 is 0 Å². The molecule has 1 N–H and O–H groups in total. The van der Waals surface area contributed by atoms with Crippen molar-refractivity contribution in [2.24, 2.45) is 7.05 Å². The number of aryl methyl sites for hydroxylation is 1. The molecule has 3 heterocycles. The molecule has 0 bridgehead atoms. The summed E-state index contributed by atoms with van der Waals surface area (Å²) in [6.45, 7) is 7.52. The van der Waals surface area contributed by atoms with Crippen LogP contribution in [0.3, 0.4) is 0 Å². The van der Waals surface area contributed by atoms with Gasteiger partial charge in [-0.15, -0.1) is 0 Å². The summed E-state index contributed by atoms with van der Waals surface area (Å²) < 4.78 is 7.25. The van der Waals surface area contributed by atoms with E-state index in [-0.39, 0.29) is 12.6 Å². The van der Waals surface area contributed by atoms with Crippen molar-refractivity contribution in [1.29, 1.82) is 0 Å². The largest absolute Gasteiger partial charge is 0.444 e. The smallest absolute Gasteiger partial charge is 0.410 e. The lowest BCUT2D eigenvalue weighted by Crippen LogP contribution is -2.40. The number of nitrogens with zero attached hydrogens (tertiary/aromatic N) is 4. The van der Waals surface area contributed by atoms with E-state index in [9.17, 15) is 9.90 Å². The van der Waals surface area contributed by atoms with Crippen molar-refractivity contribution < 1.29 is 14.6 Å². The third kappa shape index (κ3) is 3.18. The first-order valence-electron chi connectivity index (χ1n) is 8.20. The summed E-state index contributed by atoms with van der Waals surface area (Å²) in [5.74, 6) is 0. The van der Waals surface area contributed by atoms with Crippen LogP contribution in [0.1, 0.15) is 39.8 Å². The average Bonchev–Trinajstić information content (AvgIpc) is 2.97. The molecular weight excluding hydrogens is 344 g/mol. The summed E-state index contributed by atoms with van der Waals surface area (Å²) in [6, 6.07) is 1.64. The van der Waals surface area contributed by atoms with Crippen LogP contribution in [0, 0.1) is 0 Å². The molecule has 0 saturated carbocycles. The number of aliphatic hydroxyl groups is 1. The van der Waals surface area contributed by atoms with Gasteiger partial charge in [-0.1, -0.05) is 11.6 Å². The fraction of sp³-hybridized carbons (Fsp3) is 0.588. The Morgan fingerprint density at radius 3 is 2.72 bits per heavy atom. The number of hydrogen-bond donors (Lipinski definition) is 1. The average molecular weight is 367 g/mol. The van der Waals surface area contributed by atoms with Gasteiger partial charge in [-0.05, 0) is 33.8 Å². The van der Waals surface area contributed by atoms with Crippen LogP contribution in [-0.4, -0.2) is 48.8 Å². The minimum Gasteiger partial charge on any atom is -0.444 e. The molecule has 25 heavy (non-hydrogen) atoms. The summed E-state index contributed by atoms with van der Waals surface area (Å²) in [5, 5.41) is 12.3. The number of likely N-dealkylation sites (tertiary alicyclic amines) is 1. The van der Waals surface area contributed by atoms with E-state index in [1.54, 1.807) is 15.5 Å². The van der Waals surface area contributed by atoms with Gasteiger partial charge in [0.1, 0.15) is 28.3 Å². The molecular formula is C17H23ClN4O3. The zero-order valence-corrected chi connectivity index (χ0v) is 15.8. The van der Waals surface area contributed by atoms with Gasteiger partial charge >= 0.3 is 6.09 Å². The summed E-state index contributed by atoms with van der Waals surface area (Å²) >= 11 is 6.14. The van der Waals surface area contributed by atoms with Gasteiger partial charge in [0.15, 0.2) is 0 Å². The number of rotatable bonds is 1. The number of carbonyl (C=O) groups is 1. The molecule has 0 spiro atoms. The van der Waals surface area contributed by atoms with E-state index in [1.807, 2.05) is 34.7 Å². The number of amides is 1. The second-order valence-corrected chi connectivity index (χ2v) is 8.04. The Bertz CT molecular complexity index is 829. The maximum atomic E-state index is 12.4. The number of β-amino-alcohol motifs (C(OH)–C–C–N with tert-alkyl or cyclic N) is 1. The summed E-state index contributed by atoms with van der Waals surface area (Å²) in [7, 11) is 1.82. The molecule has 136 valence electrons. The van der Waals surface area contributed by atoms with Gasteiger partial charge in [-0.3, -0.25) is 0 Å². The predicted molar refractivity (Wildman–Crippen MR) is 94.4 cm³/mol. The van der Waals surface area contributed by atoms with Gasteiger partial charge in [0.2, 0.25) is 0 Å². The van der Waals surface area contributed by atoms with Crippen LogP contribution in [0.4, 0.5) is 4.79 Å². The van der Waals surface area contributed by atoms with Crippen molar-refractivity contribution in [2.45, 2.75) is 51.4 Å². The molecule has 1 amide bonds. The summed E-state index contributed by atoms with van der Waals surface area (Å²) in [4.78, 5) is 22.2. The van der Waals surface area contributed by atoms with Crippen LogP contribution in [0.25, 0.3) is 11.0 Å². The maximum absolute atomic E-state index is 12.4. The predicted octanol–water partition coefficient (Wildman–Crippen LogP) is 2.84. The zero-order valence-electron chi connectivity index (χ0n) is 15.1. The van der Waals surface area contributed by atoms with E-state index < -0.39 is 17.3 Å². The topological polar surface area (TPSA) is 80.5 Å². The van der Waals surface area contributed by atoms with Crippen molar-refractivity contribution in [3.8, 4) is 0 Å². The van der Waals surface area contributed by atoms with Crippen molar-refractivity contribution in [3.63, 3.8) is 0 Å². The lowest BCUT2D eigenvalue weighted by Gasteiger charge is -2.27. The molecule has 1 aliphatic heterocycles. The first-order chi connectivity index (χ1) is 11.5. The molecule has 3 rings (SSSR count). The van der Waals surface area contributed by atoms with Crippen molar-refractivity contribution in [3.05, 3.63) is 23.2 Å². The molecule has 1 fully saturated rings. The standard InChI is InChI=1S/C17H23ClN4O3/c1-10-7-17(24,8-22(10)15(23)25-16(2,3)4)12-6-11-13(18)19-9-20-14(11)21(12)5/h6,9-10,24H,7-8H2,1-5H3/t10-,17?/m0/s1. The van der Waals surface area contributed by atoms with Gasteiger partial charge in [0, 0.05) is 19.5 Å². The number of ether oxygens (including phenoxy) is 1. The molecule has 1 unspecified atom stereocenters. The van der Waals surface area contributed by atoms with Crippen LogP contribution in [0.2, 0.25) is 5.15 Å². The Morgan fingerprint density at radius 2 is 2.12 bits per heavy atom. The highest BCUT2D eigenvalue weighted by Gasteiger charge is 2.47. The quantitative estimate of drug-likeness (QED) is 0.785. The highest BCUT2D eigenvalue weighted by Crippen LogP contribution is 2.39. The Labute approximate surface area is 151 Å². The molecule has 7 nitrogen and oxygen atoms in total. The molecule has 0 radical (unpaired) electrons. The van der Waals surface area contributed by atoms with Gasteiger partial charge in [-0.2, -0.15) is 0 Å². The van der Waals surface area contributed by atoms with E-state index in [0.29, 0.717) is 28.3 Å². The number of carbonyl (C=O) groups excluding carboxylic acids is 1. The van der Waals surface area contributed by atoms with Gasteiger partial charge in [0.05, 0.1) is 17.6 Å². The highest BCUT2D eigenvalue weighted by atomic mass is 35.5. The SMILES string of the molecule is C[C@H]1CC(O)(c2cc3c(Cl)ncnc3n2C)CN1C(=O)OC(C)(C)C. The van der Waals surface area contributed by atoms with Crippen LogP contribution in [0.15, 0.2) is 12.4 Å². The second kappa shape index (κ2) is 5.85. The number of aromatic nitrogens is 3. The fourth-order valence-corrected chi connectivity index (χ4v) is 3.59. The maximum Gasteiger partial charge on any atom is 0.410 e. The number of halogens is 1. The van der Waals surface area contributed by atoms with Crippen molar-refractivity contribution >= 4 is 28.7 Å². The monoisotopic (exact) mass is 366 g/mol. The van der Waals surface area contributed by atoms with E-state index in [0.717, 1.165) is 0 Å². The Morgan fingerprint density at radius 1 is 1.44 bits per heavy atom. The molecule has 2 aromatic heterocycles. The third-order valence-corrected chi connectivity index (χ3v) is 4.78. The third-order valence-electron chi connectivity index (χ3n) is 4.48. The van der Waals surface area contributed by atoms with E-state index >= 15 is 0 Å². The van der Waals surface area contributed by atoms with Gasteiger partial charge in [0.25, 0.3) is 0 Å². The first-order valence-corrected chi connectivity index (χ1v) is 8.58. The minimum absolute atomic E-state index is 0.151. The first kappa shape index (κ1) is 17.9. The molecule has 0 aromatic carbocycles. The Kier molecular flexibility index (Phi) is 4.20. The molecule has 1 aliphatic rings. The summed E-state index contributed by atoms with van der Waals surface area (Å²) in [5.41, 5.74) is -0.482. The molecule has 2 aromatic rings. The van der Waals surface area contributed by atoms with Crippen LogP contribution in [-0.2, 0) is 17.4 Å². The van der Waals surface area contributed by atoms with E-state index in [4.69, 9.17) is 16.3 Å². The van der Waals surface area contributed by atoms with E-state index in [2.05, 4.69) is 9.97 Å². The molecule has 2 atom stereocenters. The van der Waals surface area contributed by atoms with Crippen molar-refractivity contribution in [2.75, 3.05) is 6.54 Å². The highest BCUT2D eigenvalue weighted by molar-refractivity contribution is 6.33. The second-order valence-electron chi connectivity index (χ2n) is 7.68. The van der Waals surface area contributed by atoms with Crippen LogP contribution >= 0.6 is 11.6 Å². The number of hydrogen-bond acceptors (Lipinski definition) is 5. The van der Waals surface area contributed by atoms with Crippen molar-refractivity contribution in [1.82, 2.24) is 19.4 Å². The van der Waals surface area contributed by atoms with Gasteiger partial charge < -0.3 is 19.3 Å². The Hall–Kier alpha value is -1.86. The molecule has 8 heteroatoms. The Balaban J connectivity index is 1.95. The fourth-order valence-electron chi connectivity index (χ4n) is 3.40. The summed E-state index contributed by atoms with van der Waals surface area (Å²) in [6.07, 6.45) is 1.37. The van der Waals surface area contributed by atoms with Gasteiger partial charge in [-0.25, -0.2) is 14.8 Å². The normalized spacial score (nSPS) is 24.1. The van der Waals surface area contributed by atoms with E-state index in [1.165, 1.54) is 6.33 Å². The lowest BCUT2D eigenvalue weighted by atomic mass is 9.96.